The lowest BCUT2D eigenvalue weighted by molar-refractivity contribution is 1.06. The monoisotopic (exact) mass is 463 g/mol. The Hall–Kier alpha value is -4.23. The van der Waals surface area contributed by atoms with E-state index in [0.29, 0.717) is 5.71 Å². The predicted octanol–water partition coefficient (Wildman–Crippen LogP) is 8.87. The summed E-state index contributed by atoms with van der Waals surface area (Å²) < 4.78 is 0. The van der Waals surface area contributed by atoms with Crippen molar-refractivity contribution < 1.29 is 0 Å². The van der Waals surface area contributed by atoms with Crippen molar-refractivity contribution in [2.24, 2.45) is 0 Å². The van der Waals surface area contributed by atoms with E-state index in [-0.39, 0.29) is 5.92 Å². The molecule has 0 fully saturated rings. The van der Waals surface area contributed by atoms with E-state index in [1.165, 1.54) is 49.9 Å². The molecule has 1 nitrogen and oxygen atoms in total. The molecule has 5 aromatic rings. The molecule has 0 aromatic heterocycles. The number of hydrogen-bond donors (Lipinski definition) is 1. The summed E-state index contributed by atoms with van der Waals surface area (Å²) in [6, 6.07) is 36.6. The normalized spacial score (nSPS) is 14.5. The van der Waals surface area contributed by atoms with Gasteiger partial charge in [-0.3, -0.25) is 5.41 Å². The van der Waals surface area contributed by atoms with Crippen LogP contribution >= 0.6 is 0 Å². The van der Waals surface area contributed by atoms with Crippen LogP contribution in [0.1, 0.15) is 56.0 Å². The molecule has 5 aromatic carbocycles. The average molecular weight is 464 g/mol. The number of rotatable bonds is 4. The first kappa shape index (κ1) is 22.2. The van der Waals surface area contributed by atoms with E-state index < -0.39 is 0 Å². The lowest BCUT2D eigenvalue weighted by Crippen LogP contribution is -2.13. The quantitative estimate of drug-likeness (QED) is 0.257. The van der Waals surface area contributed by atoms with Gasteiger partial charge in [-0.25, -0.2) is 0 Å². The Morgan fingerprint density at radius 3 is 2.19 bits per heavy atom. The van der Waals surface area contributed by atoms with E-state index in [1.807, 2.05) is 0 Å². The molecule has 0 saturated heterocycles. The van der Waals surface area contributed by atoms with Crippen molar-refractivity contribution in [1.29, 1.82) is 5.41 Å². The Bertz CT molecular complexity index is 1670. The van der Waals surface area contributed by atoms with Crippen LogP contribution in [0.4, 0.5) is 0 Å². The molecule has 6 rings (SSSR count). The number of nitrogens with one attached hydrogen (secondary N) is 1. The molecular weight excluding hydrogens is 434 g/mol. The van der Waals surface area contributed by atoms with Crippen LogP contribution in [-0.2, 0) is 0 Å². The van der Waals surface area contributed by atoms with E-state index in [0.717, 1.165) is 16.5 Å². The van der Waals surface area contributed by atoms with Gasteiger partial charge in [0.2, 0.25) is 0 Å². The maximum absolute atomic E-state index is 9.60. The first-order valence-corrected chi connectivity index (χ1v) is 12.6. The second-order valence-corrected chi connectivity index (χ2v) is 9.83. The highest BCUT2D eigenvalue weighted by molar-refractivity contribution is 6.20. The van der Waals surface area contributed by atoms with Crippen molar-refractivity contribution in [1.82, 2.24) is 0 Å². The number of fused-ring (bicyclic) bond motifs is 2. The summed E-state index contributed by atoms with van der Waals surface area (Å²) in [5, 5.41) is 11.9. The minimum atomic E-state index is 0.0652. The second kappa shape index (κ2) is 8.77. The van der Waals surface area contributed by atoms with Crippen molar-refractivity contribution in [2.75, 3.05) is 0 Å². The third-order valence-electron chi connectivity index (χ3n) is 7.89. The molecule has 0 amide bonds. The topological polar surface area (TPSA) is 23.9 Å². The molecule has 0 radical (unpaired) electrons. The molecular formula is C35H29N. The molecule has 36 heavy (non-hydrogen) atoms. The fraction of sp³-hybridized carbons (Fsp3) is 0.114. The van der Waals surface area contributed by atoms with E-state index in [2.05, 4.69) is 130 Å². The Labute approximate surface area is 213 Å². The van der Waals surface area contributed by atoms with Crippen LogP contribution in [0.5, 0.6) is 0 Å². The molecule has 1 atom stereocenters. The van der Waals surface area contributed by atoms with Gasteiger partial charge in [-0.05, 0) is 82.1 Å². The lowest BCUT2D eigenvalue weighted by atomic mass is 9.79. The molecule has 1 aliphatic rings. The van der Waals surface area contributed by atoms with Gasteiger partial charge in [0.15, 0.2) is 0 Å². The molecule has 0 heterocycles. The van der Waals surface area contributed by atoms with Crippen molar-refractivity contribution in [2.45, 2.75) is 26.7 Å². The van der Waals surface area contributed by atoms with Crippen LogP contribution in [0.2, 0.25) is 0 Å². The number of hydrogen-bond acceptors (Lipinski definition) is 1. The van der Waals surface area contributed by atoms with Crippen LogP contribution in [-0.4, -0.2) is 5.71 Å². The number of allylic oxidation sites excluding steroid dienone is 1. The van der Waals surface area contributed by atoms with Crippen molar-refractivity contribution in [3.05, 3.63) is 153 Å². The minimum absolute atomic E-state index is 0.0652. The molecule has 0 spiro atoms. The fourth-order valence-corrected chi connectivity index (χ4v) is 5.71. The summed E-state index contributed by atoms with van der Waals surface area (Å²) in [5.41, 5.74) is 12.6. The van der Waals surface area contributed by atoms with Gasteiger partial charge >= 0.3 is 0 Å². The van der Waals surface area contributed by atoms with Crippen molar-refractivity contribution >= 4 is 28.1 Å². The molecule has 0 aliphatic heterocycles. The largest absolute Gasteiger partial charge is 0.300 e. The highest BCUT2D eigenvalue weighted by Gasteiger charge is 2.31. The molecule has 0 saturated carbocycles. The van der Waals surface area contributed by atoms with E-state index in [4.69, 9.17) is 0 Å². The summed E-state index contributed by atoms with van der Waals surface area (Å²) in [5.74, 6) is 0.0652. The molecule has 174 valence electrons. The summed E-state index contributed by atoms with van der Waals surface area (Å²) in [4.78, 5) is 0. The van der Waals surface area contributed by atoms with Gasteiger partial charge < -0.3 is 0 Å². The predicted molar refractivity (Wildman–Crippen MR) is 153 cm³/mol. The highest BCUT2D eigenvalue weighted by atomic mass is 14.5. The van der Waals surface area contributed by atoms with Gasteiger partial charge in [0.05, 0.1) is 5.71 Å². The van der Waals surface area contributed by atoms with Gasteiger partial charge in [-0.1, -0.05) is 103 Å². The third kappa shape index (κ3) is 3.51. The van der Waals surface area contributed by atoms with Crippen LogP contribution in [0.25, 0.3) is 22.4 Å². The first-order chi connectivity index (χ1) is 17.5. The zero-order valence-corrected chi connectivity index (χ0v) is 21.0. The van der Waals surface area contributed by atoms with Crippen LogP contribution in [0.3, 0.4) is 0 Å². The zero-order valence-electron chi connectivity index (χ0n) is 21.0. The lowest BCUT2D eigenvalue weighted by Gasteiger charge is -2.24. The van der Waals surface area contributed by atoms with E-state index in [1.54, 1.807) is 0 Å². The molecule has 1 unspecified atom stereocenters. The Morgan fingerprint density at radius 2 is 1.36 bits per heavy atom. The number of benzene rings is 5. The smallest absolute Gasteiger partial charge is 0.0696 e. The first-order valence-electron chi connectivity index (χ1n) is 12.6. The second-order valence-electron chi connectivity index (χ2n) is 9.83. The Morgan fingerprint density at radius 1 is 0.639 bits per heavy atom. The summed E-state index contributed by atoms with van der Waals surface area (Å²) in [6.45, 7) is 6.46. The third-order valence-corrected chi connectivity index (χ3v) is 7.89. The fourth-order valence-electron chi connectivity index (χ4n) is 5.71. The van der Waals surface area contributed by atoms with Gasteiger partial charge in [0.1, 0.15) is 0 Å². The van der Waals surface area contributed by atoms with Crippen LogP contribution in [0.15, 0.2) is 103 Å². The molecule has 1 heteroatoms. The van der Waals surface area contributed by atoms with Crippen molar-refractivity contribution in [3.63, 3.8) is 0 Å². The van der Waals surface area contributed by atoms with Crippen molar-refractivity contribution in [3.8, 4) is 0 Å². The molecule has 0 bridgehead atoms. The molecule has 1 aliphatic carbocycles. The van der Waals surface area contributed by atoms with Gasteiger partial charge in [-0.2, -0.15) is 0 Å². The zero-order chi connectivity index (χ0) is 24.8. The maximum Gasteiger partial charge on any atom is 0.0696 e. The minimum Gasteiger partial charge on any atom is -0.300 e. The van der Waals surface area contributed by atoms with Crippen LogP contribution < -0.4 is 0 Å². The Balaban J connectivity index is 1.64. The summed E-state index contributed by atoms with van der Waals surface area (Å²) in [6.07, 6.45) is 2.33. The Kier molecular flexibility index (Phi) is 5.42. The highest BCUT2D eigenvalue weighted by Crippen LogP contribution is 2.48. The standard InChI is InChI=1S/C35H29N/c1-22-17-19-28(24(3)23(22)2)35(36)34-29-15-9-7-13-26(29)18-20-31(34)33-30-16-10-8-14-27(30)21-32(33)25-11-5-4-6-12-25/h4-21,33,36H,1-3H3. The summed E-state index contributed by atoms with van der Waals surface area (Å²) in [7, 11) is 0. The summed E-state index contributed by atoms with van der Waals surface area (Å²) >= 11 is 0. The maximum atomic E-state index is 9.60. The molecule has 1 N–H and O–H groups in total. The van der Waals surface area contributed by atoms with Gasteiger partial charge in [0.25, 0.3) is 0 Å². The average Bonchev–Trinajstić information content (AvgIpc) is 3.31. The van der Waals surface area contributed by atoms with E-state index in [9.17, 15) is 5.41 Å². The van der Waals surface area contributed by atoms with Gasteiger partial charge in [-0.15, -0.1) is 0 Å². The number of aryl methyl sites for hydroxylation is 1. The van der Waals surface area contributed by atoms with Crippen LogP contribution in [0, 0.1) is 26.2 Å². The van der Waals surface area contributed by atoms with E-state index >= 15 is 0 Å². The SMILES string of the molecule is Cc1ccc(C(=N)c2c(C3C(c4ccccc4)=Cc4ccccc43)ccc3ccccc23)c(C)c1C. The van der Waals surface area contributed by atoms with Gasteiger partial charge in [0, 0.05) is 17.0 Å².